The summed E-state index contributed by atoms with van der Waals surface area (Å²) < 4.78 is 0. The number of fused-ring (bicyclic) bond motifs is 1. The van der Waals surface area contributed by atoms with E-state index >= 15 is 0 Å². The minimum absolute atomic E-state index is 0.0718. The summed E-state index contributed by atoms with van der Waals surface area (Å²) in [6.07, 6.45) is 7.62. The number of carboxylic acids is 1. The molecule has 4 nitrogen and oxygen atoms in total. The highest BCUT2D eigenvalue weighted by Crippen LogP contribution is 2.41. The smallest absolute Gasteiger partial charge is 0.303 e. The predicted octanol–water partition coefficient (Wildman–Crippen LogP) is 3.63. The van der Waals surface area contributed by atoms with Gasteiger partial charge in [0.1, 0.15) is 5.78 Å². The molecule has 3 atom stereocenters. The Morgan fingerprint density at radius 2 is 1.84 bits per heavy atom. The van der Waals surface area contributed by atoms with Crippen LogP contribution in [0.2, 0.25) is 0 Å². The van der Waals surface area contributed by atoms with Crippen LogP contribution in [0.15, 0.2) is 18.2 Å². The molecule has 136 valence electrons. The summed E-state index contributed by atoms with van der Waals surface area (Å²) >= 11 is 0. The van der Waals surface area contributed by atoms with Gasteiger partial charge in [-0.1, -0.05) is 37.5 Å². The summed E-state index contributed by atoms with van der Waals surface area (Å²) in [5, 5.41) is 19.1. The molecule has 2 aliphatic rings. The second-order valence-corrected chi connectivity index (χ2v) is 7.60. The zero-order chi connectivity index (χ0) is 17.8. The number of carbonyl (C=O) groups excluding carboxylic acids is 1. The molecule has 0 bridgehead atoms. The first-order valence-corrected chi connectivity index (χ1v) is 9.60. The molecule has 1 aromatic carbocycles. The predicted molar refractivity (Wildman–Crippen MR) is 95.7 cm³/mol. The van der Waals surface area contributed by atoms with Crippen LogP contribution in [0.3, 0.4) is 0 Å². The van der Waals surface area contributed by atoms with E-state index < -0.39 is 12.1 Å². The molecule has 4 heteroatoms. The number of hydrogen-bond donors (Lipinski definition) is 2. The lowest BCUT2D eigenvalue weighted by molar-refractivity contribution is -0.137. The highest BCUT2D eigenvalue weighted by Gasteiger charge is 2.42. The number of aliphatic hydroxyl groups excluding tert-OH is 1. The second kappa shape index (κ2) is 8.13. The number of benzene rings is 1. The molecule has 2 N–H and O–H groups in total. The Kier molecular flexibility index (Phi) is 5.89. The number of aryl methyl sites for hydroxylation is 2. The highest BCUT2D eigenvalue weighted by atomic mass is 16.4. The number of unbranched alkanes of at least 4 members (excludes halogenated alkanes) is 3. The zero-order valence-corrected chi connectivity index (χ0v) is 14.7. The van der Waals surface area contributed by atoms with E-state index in [4.69, 9.17) is 5.11 Å². The molecule has 3 rings (SSSR count). The number of aliphatic carboxylic acids is 1. The fourth-order valence-electron chi connectivity index (χ4n) is 4.54. The molecular formula is C21H28O4. The molecule has 0 aromatic heterocycles. The lowest BCUT2D eigenvalue weighted by Gasteiger charge is -2.22. The van der Waals surface area contributed by atoms with Gasteiger partial charge in [0.25, 0.3) is 0 Å². The lowest BCUT2D eigenvalue weighted by atomic mass is 9.83. The Bertz CT molecular complexity index is 637. The van der Waals surface area contributed by atoms with Crippen molar-refractivity contribution in [2.75, 3.05) is 0 Å². The van der Waals surface area contributed by atoms with Crippen LogP contribution in [0.5, 0.6) is 0 Å². The zero-order valence-electron chi connectivity index (χ0n) is 14.7. The quantitative estimate of drug-likeness (QED) is 0.706. The molecule has 0 heterocycles. The molecule has 0 saturated heterocycles. The number of Topliss-reactive ketones (excluding diaryl/α,β-unsaturated/α-hetero) is 1. The van der Waals surface area contributed by atoms with E-state index in [2.05, 4.69) is 18.2 Å². The number of ketones is 1. The van der Waals surface area contributed by atoms with E-state index in [0.29, 0.717) is 6.42 Å². The maximum absolute atomic E-state index is 12.4. The largest absolute Gasteiger partial charge is 0.481 e. The first-order valence-electron chi connectivity index (χ1n) is 9.60. The molecule has 1 fully saturated rings. The summed E-state index contributed by atoms with van der Waals surface area (Å²) in [5.74, 6) is -0.722. The third kappa shape index (κ3) is 4.30. The van der Waals surface area contributed by atoms with Crippen molar-refractivity contribution in [1.29, 1.82) is 0 Å². The SMILES string of the molecule is O=C(O)CCCCCCC1C(=O)CC(O)C1c1ccc2c(c1)CCC2. The number of aliphatic hydroxyl groups is 1. The monoisotopic (exact) mass is 344 g/mol. The number of hydrogen-bond acceptors (Lipinski definition) is 3. The van der Waals surface area contributed by atoms with Gasteiger partial charge < -0.3 is 10.2 Å². The maximum atomic E-state index is 12.4. The van der Waals surface area contributed by atoms with Gasteiger partial charge in [0.2, 0.25) is 0 Å². The van der Waals surface area contributed by atoms with Crippen molar-refractivity contribution in [3.8, 4) is 0 Å². The minimum Gasteiger partial charge on any atom is -0.481 e. The third-order valence-corrected chi connectivity index (χ3v) is 5.84. The van der Waals surface area contributed by atoms with E-state index in [0.717, 1.165) is 44.1 Å². The summed E-state index contributed by atoms with van der Waals surface area (Å²) in [6.45, 7) is 0. The molecule has 0 spiro atoms. The van der Waals surface area contributed by atoms with E-state index in [1.807, 2.05) is 0 Å². The van der Waals surface area contributed by atoms with Gasteiger partial charge in [-0.25, -0.2) is 0 Å². The van der Waals surface area contributed by atoms with Gasteiger partial charge in [-0.15, -0.1) is 0 Å². The first kappa shape index (κ1) is 18.1. The Morgan fingerprint density at radius 1 is 1.08 bits per heavy atom. The summed E-state index contributed by atoms with van der Waals surface area (Å²) in [6, 6.07) is 6.50. The van der Waals surface area contributed by atoms with Gasteiger partial charge >= 0.3 is 5.97 Å². The molecule has 0 amide bonds. The Labute approximate surface area is 149 Å². The van der Waals surface area contributed by atoms with Gasteiger partial charge in [0.15, 0.2) is 0 Å². The normalized spacial score (nSPS) is 25.3. The minimum atomic E-state index is -0.745. The van der Waals surface area contributed by atoms with Crippen LogP contribution in [0.1, 0.15) is 74.0 Å². The van der Waals surface area contributed by atoms with Crippen LogP contribution in [-0.4, -0.2) is 28.1 Å². The van der Waals surface area contributed by atoms with E-state index in [1.54, 1.807) is 0 Å². The molecule has 1 saturated carbocycles. The van der Waals surface area contributed by atoms with Gasteiger partial charge in [0.05, 0.1) is 6.10 Å². The molecule has 3 unspecified atom stereocenters. The van der Waals surface area contributed by atoms with Crippen molar-refractivity contribution in [3.05, 3.63) is 34.9 Å². The van der Waals surface area contributed by atoms with Crippen molar-refractivity contribution in [3.63, 3.8) is 0 Å². The van der Waals surface area contributed by atoms with Gasteiger partial charge in [0, 0.05) is 24.7 Å². The van der Waals surface area contributed by atoms with Crippen LogP contribution in [0, 0.1) is 5.92 Å². The van der Waals surface area contributed by atoms with Crippen molar-refractivity contribution < 1.29 is 19.8 Å². The van der Waals surface area contributed by atoms with Crippen LogP contribution in [0.25, 0.3) is 0 Å². The Morgan fingerprint density at radius 3 is 2.64 bits per heavy atom. The Balaban J connectivity index is 1.59. The average Bonchev–Trinajstić information content (AvgIpc) is 3.13. The number of rotatable bonds is 8. The van der Waals surface area contributed by atoms with Crippen LogP contribution in [0.4, 0.5) is 0 Å². The van der Waals surface area contributed by atoms with Crippen molar-refractivity contribution in [2.24, 2.45) is 5.92 Å². The maximum Gasteiger partial charge on any atom is 0.303 e. The van der Waals surface area contributed by atoms with E-state index in [9.17, 15) is 14.7 Å². The van der Waals surface area contributed by atoms with Crippen LogP contribution < -0.4 is 0 Å². The van der Waals surface area contributed by atoms with E-state index in [-0.39, 0.29) is 30.5 Å². The second-order valence-electron chi connectivity index (χ2n) is 7.60. The summed E-state index contributed by atoms with van der Waals surface area (Å²) in [7, 11) is 0. The van der Waals surface area contributed by atoms with Crippen molar-refractivity contribution >= 4 is 11.8 Å². The van der Waals surface area contributed by atoms with E-state index in [1.165, 1.54) is 17.5 Å². The number of carboxylic acid groups (broad SMARTS) is 1. The molecule has 0 radical (unpaired) electrons. The molecule has 0 aliphatic heterocycles. The average molecular weight is 344 g/mol. The standard InChI is InChI=1S/C21H28O4/c22-18-13-19(23)21(16-11-10-14-6-5-7-15(14)12-16)17(18)8-3-1-2-4-9-20(24)25/h10-12,17,19,21,23H,1-9,13H2,(H,24,25). The van der Waals surface area contributed by atoms with Crippen molar-refractivity contribution in [2.45, 2.75) is 76.2 Å². The molecule has 2 aliphatic carbocycles. The fraction of sp³-hybridized carbons (Fsp3) is 0.619. The Hall–Kier alpha value is -1.68. The molecule has 1 aromatic rings. The molecular weight excluding hydrogens is 316 g/mol. The lowest BCUT2D eigenvalue weighted by Crippen LogP contribution is -2.19. The summed E-state index contributed by atoms with van der Waals surface area (Å²) in [4.78, 5) is 22.9. The fourth-order valence-corrected chi connectivity index (χ4v) is 4.54. The topological polar surface area (TPSA) is 74.6 Å². The highest BCUT2D eigenvalue weighted by molar-refractivity contribution is 5.85. The van der Waals surface area contributed by atoms with Crippen LogP contribution in [-0.2, 0) is 22.4 Å². The first-order chi connectivity index (χ1) is 12.1. The van der Waals surface area contributed by atoms with Crippen LogP contribution >= 0.6 is 0 Å². The van der Waals surface area contributed by atoms with Gasteiger partial charge in [-0.3, -0.25) is 9.59 Å². The van der Waals surface area contributed by atoms with Gasteiger partial charge in [-0.05, 0) is 48.8 Å². The third-order valence-electron chi connectivity index (χ3n) is 5.84. The number of carbonyl (C=O) groups is 2. The summed E-state index contributed by atoms with van der Waals surface area (Å²) in [5.41, 5.74) is 3.92. The van der Waals surface area contributed by atoms with Crippen molar-refractivity contribution in [1.82, 2.24) is 0 Å². The molecule has 25 heavy (non-hydrogen) atoms. The van der Waals surface area contributed by atoms with Gasteiger partial charge in [-0.2, -0.15) is 0 Å².